The van der Waals surface area contributed by atoms with Crippen molar-refractivity contribution in [2.24, 2.45) is 5.73 Å². The first-order chi connectivity index (χ1) is 9.96. The zero-order valence-electron chi connectivity index (χ0n) is 12.9. The topological polar surface area (TPSA) is 85.0 Å². The van der Waals surface area contributed by atoms with E-state index in [1.54, 1.807) is 24.1 Å². The first kappa shape index (κ1) is 18.5. The Morgan fingerprint density at radius 2 is 2.09 bits per heavy atom. The number of amides is 1. The molecule has 1 heterocycles. The van der Waals surface area contributed by atoms with Gasteiger partial charge >= 0.3 is 0 Å². The summed E-state index contributed by atoms with van der Waals surface area (Å²) in [6.45, 7) is 1.41. The molecule has 7 heteroatoms. The number of nitrogens with zero attached hydrogens (tertiary/aromatic N) is 1. The molecule has 22 heavy (non-hydrogen) atoms. The molecule has 1 aliphatic rings. The maximum absolute atomic E-state index is 12.5. The van der Waals surface area contributed by atoms with Crippen LogP contribution in [0.15, 0.2) is 18.2 Å². The van der Waals surface area contributed by atoms with Gasteiger partial charge in [-0.3, -0.25) is 4.79 Å². The number of aromatic hydroxyl groups is 1. The molecule has 1 aromatic carbocycles. The highest BCUT2D eigenvalue weighted by atomic mass is 35.5. The standard InChI is InChI=1S/C15H22N2O4.ClH/c1-17(14(19)15(16)5-7-21-8-6-15)10-11-3-4-13(20-2)12(18)9-11;/h3-4,9,18H,5-8,10,16H2,1-2H3;1H. The van der Waals surface area contributed by atoms with Gasteiger partial charge in [-0.15, -0.1) is 12.4 Å². The lowest BCUT2D eigenvalue weighted by Gasteiger charge is -2.35. The third-order valence-corrected chi connectivity index (χ3v) is 3.82. The highest BCUT2D eigenvalue weighted by molar-refractivity contribution is 5.86. The minimum atomic E-state index is -0.846. The van der Waals surface area contributed by atoms with Crippen LogP contribution in [-0.2, 0) is 16.1 Å². The van der Waals surface area contributed by atoms with E-state index in [0.29, 0.717) is 38.3 Å². The fourth-order valence-corrected chi connectivity index (χ4v) is 2.51. The molecule has 0 unspecified atom stereocenters. The number of hydrogen-bond acceptors (Lipinski definition) is 5. The van der Waals surface area contributed by atoms with Gasteiger partial charge in [-0.1, -0.05) is 6.07 Å². The molecule has 124 valence electrons. The van der Waals surface area contributed by atoms with E-state index in [9.17, 15) is 9.90 Å². The van der Waals surface area contributed by atoms with E-state index in [0.717, 1.165) is 5.56 Å². The molecule has 0 aromatic heterocycles. The summed E-state index contributed by atoms with van der Waals surface area (Å²) >= 11 is 0. The maximum atomic E-state index is 12.5. The molecule has 3 N–H and O–H groups in total. The van der Waals surface area contributed by atoms with E-state index in [4.69, 9.17) is 15.2 Å². The van der Waals surface area contributed by atoms with Crippen LogP contribution in [0.2, 0.25) is 0 Å². The summed E-state index contributed by atoms with van der Waals surface area (Å²) in [5, 5.41) is 9.77. The average Bonchev–Trinajstić information content (AvgIpc) is 2.47. The van der Waals surface area contributed by atoms with Gasteiger partial charge in [0.05, 0.1) is 12.6 Å². The van der Waals surface area contributed by atoms with Crippen LogP contribution in [0.25, 0.3) is 0 Å². The minimum Gasteiger partial charge on any atom is -0.504 e. The highest BCUT2D eigenvalue weighted by Gasteiger charge is 2.37. The predicted molar refractivity (Wildman–Crippen MR) is 85.4 cm³/mol. The Bertz CT molecular complexity index is 518. The van der Waals surface area contributed by atoms with Crippen LogP contribution < -0.4 is 10.5 Å². The second-order valence-electron chi connectivity index (χ2n) is 5.44. The number of rotatable bonds is 4. The highest BCUT2D eigenvalue weighted by Crippen LogP contribution is 2.27. The number of hydrogen-bond donors (Lipinski definition) is 2. The molecule has 1 amide bonds. The summed E-state index contributed by atoms with van der Waals surface area (Å²) < 4.78 is 10.3. The molecule has 0 radical (unpaired) electrons. The predicted octanol–water partition coefficient (Wildman–Crippen LogP) is 1.29. The summed E-state index contributed by atoms with van der Waals surface area (Å²) in [5.41, 5.74) is 6.17. The number of likely N-dealkylation sites (N-methyl/N-ethyl adjacent to an activating group) is 1. The maximum Gasteiger partial charge on any atom is 0.242 e. The zero-order chi connectivity index (χ0) is 15.5. The van der Waals surface area contributed by atoms with Gasteiger partial charge in [0.15, 0.2) is 11.5 Å². The summed E-state index contributed by atoms with van der Waals surface area (Å²) in [4.78, 5) is 14.1. The van der Waals surface area contributed by atoms with Crippen molar-refractivity contribution in [3.63, 3.8) is 0 Å². The van der Waals surface area contributed by atoms with Crippen molar-refractivity contribution < 1.29 is 19.4 Å². The lowest BCUT2D eigenvalue weighted by molar-refractivity contribution is -0.139. The van der Waals surface area contributed by atoms with Crippen LogP contribution in [0.4, 0.5) is 0 Å². The van der Waals surface area contributed by atoms with Crippen LogP contribution in [0.5, 0.6) is 11.5 Å². The third kappa shape index (κ3) is 4.03. The monoisotopic (exact) mass is 330 g/mol. The van der Waals surface area contributed by atoms with Gasteiger partial charge in [-0.05, 0) is 30.5 Å². The SMILES string of the molecule is COc1ccc(CN(C)C(=O)C2(N)CCOCC2)cc1O.Cl. The Morgan fingerprint density at radius 1 is 1.45 bits per heavy atom. The van der Waals surface area contributed by atoms with Gasteiger partial charge < -0.3 is 25.2 Å². The van der Waals surface area contributed by atoms with Crippen LogP contribution in [0.3, 0.4) is 0 Å². The summed E-state index contributed by atoms with van der Waals surface area (Å²) in [5.74, 6) is 0.373. The number of benzene rings is 1. The average molecular weight is 331 g/mol. The Kier molecular flexibility index (Phi) is 6.47. The smallest absolute Gasteiger partial charge is 0.242 e. The molecule has 6 nitrogen and oxygen atoms in total. The number of carbonyl (C=O) groups excluding carboxylic acids is 1. The molecule has 0 spiro atoms. The number of ether oxygens (including phenoxy) is 2. The first-order valence-electron chi connectivity index (χ1n) is 6.94. The fourth-order valence-electron chi connectivity index (χ4n) is 2.51. The van der Waals surface area contributed by atoms with Gasteiger partial charge in [0.2, 0.25) is 5.91 Å². The Labute approximate surface area is 136 Å². The van der Waals surface area contributed by atoms with E-state index in [1.807, 2.05) is 6.07 Å². The van der Waals surface area contributed by atoms with Crippen molar-refractivity contribution >= 4 is 18.3 Å². The zero-order valence-corrected chi connectivity index (χ0v) is 13.7. The number of phenols is 1. The van der Waals surface area contributed by atoms with Crippen LogP contribution in [0, 0.1) is 0 Å². The van der Waals surface area contributed by atoms with Crippen LogP contribution in [0.1, 0.15) is 18.4 Å². The Hall–Kier alpha value is -1.50. The number of phenolic OH excluding ortho intramolecular Hbond substituents is 1. The molecule has 0 aliphatic carbocycles. The van der Waals surface area contributed by atoms with Crippen LogP contribution in [-0.4, -0.2) is 48.8 Å². The van der Waals surface area contributed by atoms with Crippen molar-refractivity contribution in [1.82, 2.24) is 4.90 Å². The molecule has 1 aromatic rings. The normalized spacial score (nSPS) is 16.5. The molecule has 0 saturated carbocycles. The molecule has 1 fully saturated rings. The van der Waals surface area contributed by atoms with E-state index in [1.165, 1.54) is 7.11 Å². The summed E-state index contributed by atoms with van der Waals surface area (Å²) in [7, 11) is 3.21. The van der Waals surface area contributed by atoms with Gasteiger partial charge in [0.25, 0.3) is 0 Å². The molecular weight excluding hydrogens is 308 g/mol. The Morgan fingerprint density at radius 3 is 2.64 bits per heavy atom. The fraction of sp³-hybridized carbons (Fsp3) is 0.533. The number of halogens is 1. The third-order valence-electron chi connectivity index (χ3n) is 3.82. The molecule has 0 bridgehead atoms. The molecule has 2 rings (SSSR count). The van der Waals surface area contributed by atoms with E-state index in [-0.39, 0.29) is 24.1 Å². The quantitative estimate of drug-likeness (QED) is 0.869. The number of carbonyl (C=O) groups is 1. The van der Waals surface area contributed by atoms with E-state index >= 15 is 0 Å². The van der Waals surface area contributed by atoms with Crippen molar-refractivity contribution in [3.8, 4) is 11.5 Å². The van der Waals surface area contributed by atoms with Gasteiger partial charge in [0.1, 0.15) is 0 Å². The second-order valence-corrected chi connectivity index (χ2v) is 5.44. The Balaban J connectivity index is 0.00000242. The van der Waals surface area contributed by atoms with Gasteiger partial charge in [-0.25, -0.2) is 0 Å². The lowest BCUT2D eigenvalue weighted by atomic mass is 9.89. The first-order valence-corrected chi connectivity index (χ1v) is 6.94. The van der Waals surface area contributed by atoms with Gasteiger partial charge in [-0.2, -0.15) is 0 Å². The van der Waals surface area contributed by atoms with E-state index < -0.39 is 5.54 Å². The van der Waals surface area contributed by atoms with Crippen molar-refractivity contribution in [3.05, 3.63) is 23.8 Å². The molecule has 1 saturated heterocycles. The van der Waals surface area contributed by atoms with Crippen molar-refractivity contribution in [2.75, 3.05) is 27.4 Å². The van der Waals surface area contributed by atoms with E-state index in [2.05, 4.69) is 0 Å². The minimum absolute atomic E-state index is 0. The molecule has 1 aliphatic heterocycles. The summed E-state index contributed by atoms with van der Waals surface area (Å²) in [6.07, 6.45) is 1.06. The van der Waals surface area contributed by atoms with Gasteiger partial charge in [0, 0.05) is 26.8 Å². The largest absolute Gasteiger partial charge is 0.504 e. The molecule has 0 atom stereocenters. The second kappa shape index (κ2) is 7.67. The number of methoxy groups -OCH3 is 1. The lowest BCUT2D eigenvalue weighted by Crippen LogP contribution is -2.57. The molecular formula is C15H23ClN2O4. The number of nitrogens with two attached hydrogens (primary N) is 1. The van der Waals surface area contributed by atoms with Crippen molar-refractivity contribution in [1.29, 1.82) is 0 Å². The van der Waals surface area contributed by atoms with Crippen LogP contribution >= 0.6 is 12.4 Å². The summed E-state index contributed by atoms with van der Waals surface area (Å²) in [6, 6.07) is 5.08. The van der Waals surface area contributed by atoms with Crippen molar-refractivity contribution in [2.45, 2.75) is 24.9 Å².